The van der Waals surface area contributed by atoms with Crippen molar-refractivity contribution in [2.24, 2.45) is 10.8 Å². The van der Waals surface area contributed by atoms with E-state index in [-0.39, 0.29) is 5.41 Å². The van der Waals surface area contributed by atoms with Gasteiger partial charge in [-0.25, -0.2) is 0 Å². The molecule has 0 saturated heterocycles. The fourth-order valence-corrected chi connectivity index (χ4v) is 3.82. The van der Waals surface area contributed by atoms with Crippen LogP contribution in [0.1, 0.15) is 96.1 Å². The number of benzene rings is 1. The highest BCUT2D eigenvalue weighted by Gasteiger charge is 2.43. The zero-order chi connectivity index (χ0) is 19.0. The second kappa shape index (κ2) is 9.58. The molecule has 0 spiro atoms. The molecule has 1 aliphatic carbocycles. The van der Waals surface area contributed by atoms with Gasteiger partial charge in [0.2, 0.25) is 0 Å². The standard InChI is InChI=1S/C24H38O2/c1-4-23(2,3)15-7-5-9-20-11-13-21(14-12-20)10-6-8-16-24(17-18-24)19-22(25)26/h11-14H,4-10,15-19H2,1-3H3,(H,25,26). The molecular weight excluding hydrogens is 320 g/mol. The molecule has 0 amide bonds. The van der Waals surface area contributed by atoms with Gasteiger partial charge in [-0.1, -0.05) is 64.3 Å². The van der Waals surface area contributed by atoms with Gasteiger partial charge < -0.3 is 5.11 Å². The summed E-state index contributed by atoms with van der Waals surface area (Å²) < 4.78 is 0. The quantitative estimate of drug-likeness (QED) is 0.393. The van der Waals surface area contributed by atoms with Crippen LogP contribution in [0.25, 0.3) is 0 Å². The summed E-state index contributed by atoms with van der Waals surface area (Å²) in [5.41, 5.74) is 3.53. The summed E-state index contributed by atoms with van der Waals surface area (Å²) in [5, 5.41) is 8.98. The smallest absolute Gasteiger partial charge is 0.303 e. The Morgan fingerprint density at radius 1 is 1.00 bits per heavy atom. The van der Waals surface area contributed by atoms with Crippen molar-refractivity contribution in [2.75, 3.05) is 0 Å². The molecule has 0 aliphatic heterocycles. The van der Waals surface area contributed by atoms with E-state index in [0.717, 1.165) is 32.1 Å². The Balaban J connectivity index is 1.61. The predicted octanol–water partition coefficient (Wildman–Crippen LogP) is 6.80. The van der Waals surface area contributed by atoms with Crippen LogP contribution >= 0.6 is 0 Å². The van der Waals surface area contributed by atoms with Crippen LogP contribution in [0, 0.1) is 10.8 Å². The van der Waals surface area contributed by atoms with Crippen molar-refractivity contribution in [1.82, 2.24) is 0 Å². The van der Waals surface area contributed by atoms with Gasteiger partial charge in [-0.05, 0) is 73.3 Å². The number of rotatable bonds is 13. The van der Waals surface area contributed by atoms with Gasteiger partial charge in [0.15, 0.2) is 0 Å². The Morgan fingerprint density at radius 3 is 2.00 bits per heavy atom. The van der Waals surface area contributed by atoms with Crippen LogP contribution in [0.5, 0.6) is 0 Å². The molecule has 1 aliphatic rings. The van der Waals surface area contributed by atoms with E-state index in [2.05, 4.69) is 45.0 Å². The summed E-state index contributed by atoms with van der Waals surface area (Å²) >= 11 is 0. The van der Waals surface area contributed by atoms with Crippen molar-refractivity contribution >= 4 is 5.97 Å². The monoisotopic (exact) mass is 358 g/mol. The number of carboxylic acids is 1. The first-order chi connectivity index (χ1) is 12.3. The van der Waals surface area contributed by atoms with Gasteiger partial charge in [-0.2, -0.15) is 0 Å². The first-order valence-electron chi connectivity index (χ1n) is 10.6. The van der Waals surface area contributed by atoms with E-state index in [9.17, 15) is 4.79 Å². The third-order valence-electron chi connectivity index (χ3n) is 6.45. The third-order valence-corrected chi connectivity index (χ3v) is 6.45. The van der Waals surface area contributed by atoms with Crippen molar-refractivity contribution < 1.29 is 9.90 Å². The fourth-order valence-electron chi connectivity index (χ4n) is 3.82. The lowest BCUT2D eigenvalue weighted by Crippen LogP contribution is -2.09. The van der Waals surface area contributed by atoms with Crippen molar-refractivity contribution in [1.29, 1.82) is 0 Å². The number of carboxylic acid groups (broad SMARTS) is 1. The average Bonchev–Trinajstić information content (AvgIpc) is 3.35. The number of unbranched alkanes of at least 4 members (excludes halogenated alkanes) is 2. The minimum absolute atomic E-state index is 0.155. The summed E-state index contributed by atoms with van der Waals surface area (Å²) in [6, 6.07) is 9.17. The number of hydrogen-bond donors (Lipinski definition) is 1. The summed E-state index contributed by atoms with van der Waals surface area (Å²) in [6.45, 7) is 7.03. The molecule has 146 valence electrons. The van der Waals surface area contributed by atoms with Gasteiger partial charge in [0, 0.05) is 0 Å². The van der Waals surface area contributed by atoms with Gasteiger partial charge in [-0.15, -0.1) is 0 Å². The lowest BCUT2D eigenvalue weighted by atomic mass is 9.84. The van der Waals surface area contributed by atoms with Gasteiger partial charge in [0.05, 0.1) is 6.42 Å². The number of carbonyl (C=O) groups is 1. The van der Waals surface area contributed by atoms with E-state index < -0.39 is 5.97 Å². The highest BCUT2D eigenvalue weighted by molar-refractivity contribution is 5.68. The fraction of sp³-hybridized carbons (Fsp3) is 0.708. The van der Waals surface area contributed by atoms with Crippen LogP contribution in [0.3, 0.4) is 0 Å². The molecule has 1 aromatic rings. The molecule has 0 atom stereocenters. The lowest BCUT2D eigenvalue weighted by molar-refractivity contribution is -0.138. The maximum absolute atomic E-state index is 10.9. The topological polar surface area (TPSA) is 37.3 Å². The molecule has 2 heteroatoms. The molecule has 0 aromatic heterocycles. The molecule has 2 rings (SSSR count). The van der Waals surface area contributed by atoms with Crippen molar-refractivity contribution in [3.8, 4) is 0 Å². The van der Waals surface area contributed by atoms with Gasteiger partial charge >= 0.3 is 5.97 Å². The largest absolute Gasteiger partial charge is 0.481 e. The van der Waals surface area contributed by atoms with Crippen LogP contribution in [0.4, 0.5) is 0 Å². The van der Waals surface area contributed by atoms with Gasteiger partial charge in [-0.3, -0.25) is 4.79 Å². The van der Waals surface area contributed by atoms with Crippen molar-refractivity contribution in [3.05, 3.63) is 35.4 Å². The third kappa shape index (κ3) is 7.51. The molecule has 1 N–H and O–H groups in total. The van der Waals surface area contributed by atoms with Crippen LogP contribution in [-0.2, 0) is 17.6 Å². The second-order valence-electron chi connectivity index (χ2n) is 9.32. The highest BCUT2D eigenvalue weighted by atomic mass is 16.4. The van der Waals surface area contributed by atoms with E-state index in [4.69, 9.17) is 5.11 Å². The zero-order valence-corrected chi connectivity index (χ0v) is 17.2. The molecule has 1 aromatic carbocycles. The number of aryl methyl sites for hydroxylation is 2. The number of hydrogen-bond acceptors (Lipinski definition) is 1. The molecule has 0 heterocycles. The van der Waals surface area contributed by atoms with Crippen LogP contribution in [0.2, 0.25) is 0 Å². The molecule has 1 fully saturated rings. The highest BCUT2D eigenvalue weighted by Crippen LogP contribution is 2.52. The summed E-state index contributed by atoms with van der Waals surface area (Å²) in [6.07, 6.45) is 13.5. The first-order valence-corrected chi connectivity index (χ1v) is 10.6. The van der Waals surface area contributed by atoms with Crippen LogP contribution < -0.4 is 0 Å². The molecule has 0 unspecified atom stereocenters. The van der Waals surface area contributed by atoms with E-state index in [1.165, 1.54) is 49.7 Å². The van der Waals surface area contributed by atoms with Crippen molar-refractivity contribution in [2.45, 2.75) is 97.8 Å². The lowest BCUT2D eigenvalue weighted by Gasteiger charge is -2.22. The van der Waals surface area contributed by atoms with Crippen molar-refractivity contribution in [3.63, 3.8) is 0 Å². The normalized spacial score (nSPS) is 15.8. The molecule has 2 nitrogen and oxygen atoms in total. The Hall–Kier alpha value is -1.31. The Kier molecular flexibility index (Phi) is 7.73. The molecule has 0 bridgehead atoms. The SMILES string of the molecule is CCC(C)(C)CCCCc1ccc(CCCCC2(CC(=O)O)CC2)cc1. The maximum Gasteiger partial charge on any atom is 0.303 e. The van der Waals surface area contributed by atoms with E-state index >= 15 is 0 Å². The van der Waals surface area contributed by atoms with Crippen LogP contribution in [0.15, 0.2) is 24.3 Å². The number of aliphatic carboxylic acids is 1. The maximum atomic E-state index is 10.9. The molecule has 26 heavy (non-hydrogen) atoms. The summed E-state index contributed by atoms with van der Waals surface area (Å²) in [5.74, 6) is -0.628. The zero-order valence-electron chi connectivity index (χ0n) is 17.2. The molecule has 0 radical (unpaired) electrons. The van der Waals surface area contributed by atoms with Gasteiger partial charge in [0.25, 0.3) is 0 Å². The van der Waals surface area contributed by atoms with E-state index in [1.54, 1.807) is 0 Å². The van der Waals surface area contributed by atoms with E-state index in [0.29, 0.717) is 11.8 Å². The summed E-state index contributed by atoms with van der Waals surface area (Å²) in [4.78, 5) is 10.9. The van der Waals surface area contributed by atoms with E-state index in [1.807, 2.05) is 0 Å². The Bertz CT molecular complexity index is 552. The first kappa shape index (κ1) is 21.0. The predicted molar refractivity (Wildman–Crippen MR) is 110 cm³/mol. The Labute approximate surface area is 160 Å². The average molecular weight is 359 g/mol. The molecular formula is C24H38O2. The molecule has 1 saturated carbocycles. The Morgan fingerprint density at radius 2 is 1.54 bits per heavy atom. The summed E-state index contributed by atoms with van der Waals surface area (Å²) in [7, 11) is 0. The second-order valence-corrected chi connectivity index (χ2v) is 9.32. The minimum atomic E-state index is -0.628. The minimum Gasteiger partial charge on any atom is -0.481 e. The van der Waals surface area contributed by atoms with Crippen LogP contribution in [-0.4, -0.2) is 11.1 Å². The van der Waals surface area contributed by atoms with Gasteiger partial charge in [0.1, 0.15) is 0 Å².